The number of amides is 1. The fourth-order valence-electron chi connectivity index (χ4n) is 1.27. The van der Waals surface area contributed by atoms with Crippen molar-refractivity contribution in [2.45, 2.75) is 20.4 Å². The largest absolute Gasteiger partial charge is 0.481 e. The summed E-state index contributed by atoms with van der Waals surface area (Å²) in [6, 6.07) is 4.48. The number of carbonyl (C=O) groups is 2. The lowest BCUT2D eigenvalue weighted by molar-refractivity contribution is -0.146. The van der Waals surface area contributed by atoms with Gasteiger partial charge >= 0.3 is 5.97 Å². The molecule has 0 spiro atoms. The third-order valence-corrected chi connectivity index (χ3v) is 2.45. The topological polar surface area (TPSA) is 66.4 Å². The average molecular weight is 239 g/mol. The molecule has 1 atom stereocenters. The Labute approximate surface area is 98.5 Å². The van der Waals surface area contributed by atoms with Crippen LogP contribution in [-0.2, 0) is 16.1 Å². The predicted molar refractivity (Wildman–Crippen MR) is 59.8 cm³/mol. The molecule has 4 nitrogen and oxygen atoms in total. The zero-order chi connectivity index (χ0) is 13.0. The van der Waals surface area contributed by atoms with Crippen LogP contribution in [0.4, 0.5) is 4.39 Å². The number of carboxylic acid groups (broad SMARTS) is 1. The van der Waals surface area contributed by atoms with E-state index in [2.05, 4.69) is 5.32 Å². The molecule has 92 valence electrons. The molecule has 1 amide bonds. The molecule has 1 aromatic carbocycles. The first kappa shape index (κ1) is 13.2. The van der Waals surface area contributed by atoms with E-state index in [1.165, 1.54) is 13.0 Å². The second kappa shape index (κ2) is 5.43. The molecule has 0 aliphatic rings. The summed E-state index contributed by atoms with van der Waals surface area (Å²) in [6.07, 6.45) is 0. The molecule has 0 aliphatic carbocycles. The molecule has 0 aliphatic heterocycles. The van der Waals surface area contributed by atoms with Crippen LogP contribution in [0.3, 0.4) is 0 Å². The second-order valence-electron chi connectivity index (χ2n) is 3.86. The fraction of sp³-hybridized carbons (Fsp3) is 0.333. The van der Waals surface area contributed by atoms with E-state index in [4.69, 9.17) is 5.11 Å². The molecule has 0 aromatic heterocycles. The lowest BCUT2D eigenvalue weighted by Crippen LogP contribution is -2.33. The smallest absolute Gasteiger partial charge is 0.315 e. The highest BCUT2D eigenvalue weighted by Gasteiger charge is 2.19. The van der Waals surface area contributed by atoms with Crippen LogP contribution in [0, 0.1) is 18.7 Å². The van der Waals surface area contributed by atoms with Gasteiger partial charge < -0.3 is 10.4 Å². The van der Waals surface area contributed by atoms with Crippen molar-refractivity contribution in [2.24, 2.45) is 5.92 Å². The summed E-state index contributed by atoms with van der Waals surface area (Å²) in [5.41, 5.74) is 1.22. The Balaban J connectivity index is 2.59. The van der Waals surface area contributed by atoms with E-state index in [0.717, 1.165) is 5.56 Å². The van der Waals surface area contributed by atoms with Crippen molar-refractivity contribution >= 4 is 11.9 Å². The van der Waals surface area contributed by atoms with Crippen LogP contribution in [-0.4, -0.2) is 17.0 Å². The molecule has 2 N–H and O–H groups in total. The molecule has 0 saturated heterocycles. The van der Waals surface area contributed by atoms with Gasteiger partial charge in [0.2, 0.25) is 5.91 Å². The number of aliphatic carboxylic acids is 1. The Morgan fingerprint density at radius 1 is 1.47 bits per heavy atom. The Kier molecular flexibility index (Phi) is 4.20. The minimum atomic E-state index is -1.17. The summed E-state index contributed by atoms with van der Waals surface area (Å²) in [6.45, 7) is 3.13. The first-order valence-electron chi connectivity index (χ1n) is 5.17. The van der Waals surface area contributed by atoms with Gasteiger partial charge in [0.1, 0.15) is 11.7 Å². The summed E-state index contributed by atoms with van der Waals surface area (Å²) in [5, 5.41) is 11.1. The van der Waals surface area contributed by atoms with E-state index in [-0.39, 0.29) is 12.4 Å². The maximum Gasteiger partial charge on any atom is 0.315 e. The van der Waals surface area contributed by atoms with Gasteiger partial charge in [-0.05, 0) is 31.0 Å². The first-order valence-corrected chi connectivity index (χ1v) is 5.17. The summed E-state index contributed by atoms with van der Waals surface area (Å²) >= 11 is 0. The van der Waals surface area contributed by atoms with Crippen molar-refractivity contribution in [3.8, 4) is 0 Å². The number of benzene rings is 1. The lowest BCUT2D eigenvalue weighted by atomic mass is 10.1. The van der Waals surface area contributed by atoms with E-state index in [1.54, 1.807) is 19.1 Å². The lowest BCUT2D eigenvalue weighted by Gasteiger charge is -2.09. The van der Waals surface area contributed by atoms with Crippen LogP contribution in [0.5, 0.6) is 0 Å². The molecule has 0 radical (unpaired) electrons. The minimum absolute atomic E-state index is 0.192. The fourth-order valence-corrected chi connectivity index (χ4v) is 1.27. The number of rotatable bonds is 4. The van der Waals surface area contributed by atoms with Crippen molar-refractivity contribution < 1.29 is 19.1 Å². The molecule has 1 rings (SSSR count). The molecule has 0 saturated carbocycles. The number of hydrogen-bond acceptors (Lipinski definition) is 2. The van der Waals surface area contributed by atoms with Gasteiger partial charge in [-0.25, -0.2) is 4.39 Å². The summed E-state index contributed by atoms with van der Waals surface area (Å²) in [5.74, 6) is -3.12. The molecular weight excluding hydrogens is 225 g/mol. The normalized spacial score (nSPS) is 11.9. The van der Waals surface area contributed by atoms with Crippen LogP contribution in [0.2, 0.25) is 0 Å². The SMILES string of the molecule is Cc1cc(CNC(=O)C(C)C(=O)O)ccc1F. The monoisotopic (exact) mass is 239 g/mol. The Morgan fingerprint density at radius 3 is 2.65 bits per heavy atom. The van der Waals surface area contributed by atoms with E-state index in [0.29, 0.717) is 5.56 Å². The van der Waals surface area contributed by atoms with Gasteiger partial charge in [0.05, 0.1) is 0 Å². The zero-order valence-electron chi connectivity index (χ0n) is 9.66. The van der Waals surface area contributed by atoms with Crippen molar-refractivity contribution in [3.05, 3.63) is 35.1 Å². The van der Waals surface area contributed by atoms with Gasteiger partial charge in [-0.3, -0.25) is 9.59 Å². The Bertz CT molecular complexity index is 445. The standard InChI is InChI=1S/C12H14FNO3/c1-7-5-9(3-4-10(7)13)6-14-11(15)8(2)12(16)17/h3-5,8H,6H2,1-2H3,(H,14,15)(H,16,17). The minimum Gasteiger partial charge on any atom is -0.481 e. The quantitative estimate of drug-likeness (QED) is 0.782. The first-order chi connectivity index (χ1) is 7.91. The number of aryl methyl sites for hydroxylation is 1. The number of hydrogen-bond donors (Lipinski definition) is 2. The van der Waals surface area contributed by atoms with Crippen molar-refractivity contribution in [3.63, 3.8) is 0 Å². The van der Waals surface area contributed by atoms with Crippen molar-refractivity contribution in [1.82, 2.24) is 5.32 Å². The molecule has 5 heteroatoms. The van der Waals surface area contributed by atoms with E-state index >= 15 is 0 Å². The molecule has 0 fully saturated rings. The van der Waals surface area contributed by atoms with E-state index in [1.807, 2.05) is 0 Å². The Hall–Kier alpha value is -1.91. The van der Waals surface area contributed by atoms with Crippen LogP contribution in [0.1, 0.15) is 18.1 Å². The second-order valence-corrected chi connectivity index (χ2v) is 3.86. The third-order valence-electron chi connectivity index (χ3n) is 2.45. The zero-order valence-corrected chi connectivity index (χ0v) is 9.66. The van der Waals surface area contributed by atoms with Gasteiger partial charge in [0.15, 0.2) is 0 Å². The molecule has 1 aromatic rings. The molecule has 17 heavy (non-hydrogen) atoms. The van der Waals surface area contributed by atoms with Gasteiger partial charge in [-0.1, -0.05) is 12.1 Å². The van der Waals surface area contributed by atoms with Crippen molar-refractivity contribution in [2.75, 3.05) is 0 Å². The van der Waals surface area contributed by atoms with E-state index < -0.39 is 17.8 Å². The Morgan fingerprint density at radius 2 is 2.12 bits per heavy atom. The van der Waals surface area contributed by atoms with Crippen LogP contribution in [0.25, 0.3) is 0 Å². The van der Waals surface area contributed by atoms with Crippen molar-refractivity contribution in [1.29, 1.82) is 0 Å². The summed E-state index contributed by atoms with van der Waals surface area (Å²) < 4.78 is 13.0. The number of carboxylic acids is 1. The third kappa shape index (κ3) is 3.55. The molecule has 0 heterocycles. The maximum absolute atomic E-state index is 13.0. The average Bonchev–Trinajstić information content (AvgIpc) is 2.29. The predicted octanol–water partition coefficient (Wildman–Crippen LogP) is 1.47. The molecule has 1 unspecified atom stereocenters. The summed E-state index contributed by atoms with van der Waals surface area (Å²) in [7, 11) is 0. The van der Waals surface area contributed by atoms with Gasteiger partial charge in [0.25, 0.3) is 0 Å². The number of halogens is 1. The number of nitrogens with one attached hydrogen (secondary N) is 1. The highest BCUT2D eigenvalue weighted by molar-refractivity contribution is 5.96. The number of carbonyl (C=O) groups excluding carboxylic acids is 1. The van der Waals surface area contributed by atoms with Gasteiger partial charge in [-0.2, -0.15) is 0 Å². The van der Waals surface area contributed by atoms with Crippen LogP contribution >= 0.6 is 0 Å². The van der Waals surface area contributed by atoms with E-state index in [9.17, 15) is 14.0 Å². The van der Waals surface area contributed by atoms with Gasteiger partial charge in [0, 0.05) is 6.54 Å². The summed E-state index contributed by atoms with van der Waals surface area (Å²) in [4.78, 5) is 21.9. The molecule has 0 bridgehead atoms. The maximum atomic E-state index is 13.0. The highest BCUT2D eigenvalue weighted by atomic mass is 19.1. The van der Waals surface area contributed by atoms with Gasteiger partial charge in [-0.15, -0.1) is 0 Å². The highest BCUT2D eigenvalue weighted by Crippen LogP contribution is 2.09. The molecular formula is C12H14FNO3. The van der Waals surface area contributed by atoms with Crippen LogP contribution in [0.15, 0.2) is 18.2 Å². The van der Waals surface area contributed by atoms with Crippen LogP contribution < -0.4 is 5.32 Å².